The Kier molecular flexibility index (Phi) is 8.04. The highest BCUT2D eigenvalue weighted by Gasteiger charge is 2.32. The fraction of sp³-hybridized carbons (Fsp3) is 0.483. The third-order valence-electron chi connectivity index (χ3n) is 6.67. The SMILES string of the molecule is CC(C)(C)OC(=O)N(CCCCC(=O)c1cc2c3c(c1)CC(=O)N3CCC2)CCc1ccccc1Cl. The highest BCUT2D eigenvalue weighted by Crippen LogP contribution is 2.37. The summed E-state index contributed by atoms with van der Waals surface area (Å²) < 4.78 is 5.61. The predicted molar refractivity (Wildman–Crippen MR) is 142 cm³/mol. The largest absolute Gasteiger partial charge is 0.444 e. The van der Waals surface area contributed by atoms with Crippen molar-refractivity contribution < 1.29 is 19.1 Å². The molecule has 0 fully saturated rings. The molecule has 7 heteroatoms. The van der Waals surface area contributed by atoms with Crippen LogP contribution < -0.4 is 4.90 Å². The number of halogens is 1. The first-order valence-corrected chi connectivity index (χ1v) is 13.2. The van der Waals surface area contributed by atoms with Crippen LogP contribution in [0.1, 0.15) is 73.5 Å². The predicted octanol–water partition coefficient (Wildman–Crippen LogP) is 6.01. The van der Waals surface area contributed by atoms with Crippen molar-refractivity contribution in [3.05, 3.63) is 63.7 Å². The Labute approximate surface area is 218 Å². The maximum absolute atomic E-state index is 13.0. The fourth-order valence-corrected chi connectivity index (χ4v) is 5.18. The Morgan fingerprint density at radius 3 is 2.58 bits per heavy atom. The molecule has 2 aromatic carbocycles. The van der Waals surface area contributed by atoms with Gasteiger partial charge in [-0.1, -0.05) is 29.8 Å². The van der Waals surface area contributed by atoms with E-state index in [1.54, 1.807) is 4.90 Å². The number of unbranched alkanes of at least 4 members (excludes halogenated alkanes) is 1. The molecule has 0 saturated carbocycles. The van der Waals surface area contributed by atoms with E-state index in [0.29, 0.717) is 55.8 Å². The van der Waals surface area contributed by atoms with Gasteiger partial charge in [0.05, 0.1) is 12.1 Å². The van der Waals surface area contributed by atoms with Gasteiger partial charge in [-0.05, 0) is 87.8 Å². The van der Waals surface area contributed by atoms with Gasteiger partial charge in [-0.3, -0.25) is 9.59 Å². The van der Waals surface area contributed by atoms with Gasteiger partial charge in [0.15, 0.2) is 5.78 Å². The van der Waals surface area contributed by atoms with Gasteiger partial charge in [-0.2, -0.15) is 0 Å². The number of ketones is 1. The summed E-state index contributed by atoms with van der Waals surface area (Å²) in [6.45, 7) is 7.33. The van der Waals surface area contributed by atoms with Crippen LogP contribution in [0.15, 0.2) is 36.4 Å². The zero-order valence-corrected chi connectivity index (χ0v) is 22.2. The van der Waals surface area contributed by atoms with Gasteiger partial charge in [0.2, 0.25) is 5.91 Å². The van der Waals surface area contributed by atoms with Crippen molar-refractivity contribution in [3.63, 3.8) is 0 Å². The number of Topliss-reactive ketones (excluding diaryl/α,β-unsaturated/α-hetero) is 1. The van der Waals surface area contributed by atoms with Crippen LogP contribution in [0.3, 0.4) is 0 Å². The molecule has 0 spiro atoms. The number of benzene rings is 2. The van der Waals surface area contributed by atoms with Gasteiger partial charge >= 0.3 is 6.09 Å². The molecule has 2 aliphatic heterocycles. The summed E-state index contributed by atoms with van der Waals surface area (Å²) in [5, 5.41) is 0.686. The zero-order valence-electron chi connectivity index (χ0n) is 21.4. The summed E-state index contributed by atoms with van der Waals surface area (Å²) in [6, 6.07) is 11.5. The van der Waals surface area contributed by atoms with E-state index in [-0.39, 0.29) is 17.8 Å². The van der Waals surface area contributed by atoms with Crippen LogP contribution in [-0.2, 0) is 28.8 Å². The van der Waals surface area contributed by atoms with E-state index in [1.165, 1.54) is 0 Å². The quantitative estimate of drug-likeness (QED) is 0.306. The lowest BCUT2D eigenvalue weighted by atomic mass is 9.94. The Balaban J connectivity index is 1.34. The minimum atomic E-state index is -0.583. The molecular formula is C29H35ClN2O4. The molecule has 0 atom stereocenters. The first kappa shape index (κ1) is 26.2. The van der Waals surface area contributed by atoms with E-state index in [0.717, 1.165) is 41.8 Å². The molecule has 0 aromatic heterocycles. The van der Waals surface area contributed by atoms with Crippen LogP contribution in [0.2, 0.25) is 5.02 Å². The molecule has 0 unspecified atom stereocenters. The normalized spacial score (nSPS) is 14.6. The Hall–Kier alpha value is -2.86. The molecule has 0 radical (unpaired) electrons. The standard InChI is InChI=1S/C29H35ClN2O4/c1-29(2,3)36-28(35)31(16-13-20-9-4-5-11-24(20)30)14-7-6-12-25(33)22-17-21-10-8-15-32-26(34)19-23(18-22)27(21)32/h4-5,9,11,17-18H,6-8,10,12-16,19H2,1-3H3. The first-order valence-electron chi connectivity index (χ1n) is 12.8. The molecule has 0 saturated heterocycles. The average molecular weight is 511 g/mol. The molecular weight excluding hydrogens is 476 g/mol. The maximum atomic E-state index is 13.0. The highest BCUT2D eigenvalue weighted by molar-refractivity contribution is 6.31. The molecule has 2 aromatic rings. The molecule has 6 nitrogen and oxygen atoms in total. The van der Waals surface area contributed by atoms with Crippen molar-refractivity contribution in [3.8, 4) is 0 Å². The van der Waals surface area contributed by atoms with E-state index in [9.17, 15) is 14.4 Å². The van der Waals surface area contributed by atoms with Crippen LogP contribution >= 0.6 is 11.6 Å². The second-order valence-electron chi connectivity index (χ2n) is 10.7. The van der Waals surface area contributed by atoms with Crippen LogP contribution in [0, 0.1) is 0 Å². The average Bonchev–Trinajstić information content (AvgIpc) is 3.14. The maximum Gasteiger partial charge on any atom is 0.410 e. The van der Waals surface area contributed by atoms with Crippen molar-refractivity contribution in [2.75, 3.05) is 24.5 Å². The summed E-state index contributed by atoms with van der Waals surface area (Å²) in [6.07, 6.45) is 4.27. The number of carbonyl (C=O) groups is 3. The third-order valence-corrected chi connectivity index (χ3v) is 7.04. The summed E-state index contributed by atoms with van der Waals surface area (Å²) in [5.74, 6) is 0.222. The topological polar surface area (TPSA) is 66.9 Å². The molecule has 192 valence electrons. The number of aryl methyl sites for hydroxylation is 1. The number of carbonyl (C=O) groups excluding carboxylic acids is 3. The number of ether oxygens (including phenoxy) is 1. The van der Waals surface area contributed by atoms with Crippen molar-refractivity contribution in [2.24, 2.45) is 0 Å². The number of hydrogen-bond acceptors (Lipinski definition) is 4. The molecule has 2 aliphatic rings. The number of anilines is 1. The fourth-order valence-electron chi connectivity index (χ4n) is 4.95. The molecule has 2 heterocycles. The highest BCUT2D eigenvalue weighted by atomic mass is 35.5. The van der Waals surface area contributed by atoms with E-state index < -0.39 is 5.60 Å². The van der Waals surface area contributed by atoms with Crippen molar-refractivity contribution >= 4 is 35.1 Å². The third kappa shape index (κ3) is 6.28. The summed E-state index contributed by atoms with van der Waals surface area (Å²) in [5.41, 5.74) is 4.23. The molecule has 0 bridgehead atoms. The minimum Gasteiger partial charge on any atom is -0.444 e. The molecule has 0 aliphatic carbocycles. The van der Waals surface area contributed by atoms with Crippen LogP contribution in [-0.4, -0.2) is 47.9 Å². The molecule has 4 rings (SSSR count). The number of nitrogens with zero attached hydrogens (tertiary/aromatic N) is 2. The Bertz CT molecular complexity index is 1150. The van der Waals surface area contributed by atoms with Gasteiger partial charge in [0.25, 0.3) is 0 Å². The van der Waals surface area contributed by atoms with Crippen molar-refractivity contribution in [1.29, 1.82) is 0 Å². The van der Waals surface area contributed by atoms with E-state index in [1.807, 2.05) is 62.1 Å². The van der Waals surface area contributed by atoms with Gasteiger partial charge in [-0.15, -0.1) is 0 Å². The van der Waals surface area contributed by atoms with E-state index in [4.69, 9.17) is 16.3 Å². The van der Waals surface area contributed by atoms with Crippen molar-refractivity contribution in [1.82, 2.24) is 4.90 Å². The van der Waals surface area contributed by atoms with Crippen LogP contribution in [0.4, 0.5) is 10.5 Å². The van der Waals surface area contributed by atoms with E-state index in [2.05, 4.69) is 0 Å². The molecule has 2 amide bonds. The molecule has 36 heavy (non-hydrogen) atoms. The molecule has 0 N–H and O–H groups in total. The first-order chi connectivity index (χ1) is 17.1. The summed E-state index contributed by atoms with van der Waals surface area (Å²) >= 11 is 6.30. The van der Waals surface area contributed by atoms with Gasteiger partial charge in [-0.25, -0.2) is 4.79 Å². The lowest BCUT2D eigenvalue weighted by Crippen LogP contribution is -2.38. The van der Waals surface area contributed by atoms with Crippen LogP contribution in [0.25, 0.3) is 0 Å². The van der Waals surface area contributed by atoms with Crippen LogP contribution in [0.5, 0.6) is 0 Å². The summed E-state index contributed by atoms with van der Waals surface area (Å²) in [4.78, 5) is 41.7. The van der Waals surface area contributed by atoms with Crippen molar-refractivity contribution in [2.45, 2.75) is 71.3 Å². The summed E-state index contributed by atoms with van der Waals surface area (Å²) in [7, 11) is 0. The smallest absolute Gasteiger partial charge is 0.410 e. The number of amides is 2. The lowest BCUT2D eigenvalue weighted by Gasteiger charge is -2.27. The monoisotopic (exact) mass is 510 g/mol. The second kappa shape index (κ2) is 11.0. The minimum absolute atomic E-state index is 0.0883. The van der Waals surface area contributed by atoms with Gasteiger partial charge in [0.1, 0.15) is 5.60 Å². The van der Waals surface area contributed by atoms with E-state index >= 15 is 0 Å². The second-order valence-corrected chi connectivity index (χ2v) is 11.1. The Morgan fingerprint density at radius 2 is 1.83 bits per heavy atom. The van der Waals surface area contributed by atoms with Gasteiger partial charge < -0.3 is 14.5 Å². The number of hydrogen-bond donors (Lipinski definition) is 0. The lowest BCUT2D eigenvalue weighted by molar-refractivity contribution is -0.117. The number of rotatable bonds is 9. The Morgan fingerprint density at radius 1 is 1.08 bits per heavy atom. The van der Waals surface area contributed by atoms with Gasteiger partial charge in [0, 0.05) is 36.6 Å². The zero-order chi connectivity index (χ0) is 25.9.